The van der Waals surface area contributed by atoms with Gasteiger partial charge in [0.15, 0.2) is 0 Å². The molecule has 1 N–H and O–H groups in total. The number of hydrogen-bond acceptors (Lipinski definition) is 11. The van der Waals surface area contributed by atoms with Crippen LogP contribution in [0.15, 0.2) is 94.6 Å². The third-order valence-corrected chi connectivity index (χ3v) is 9.05. The quantitative estimate of drug-likeness (QED) is 0.188. The molecule has 0 amide bonds. The molecule has 6 rings (SSSR count). The SMILES string of the molecule is Cc1cc(C)c(CO[C@H]2C[C@H](n3cc(F)c(=O)n(C(=O)c4cccc(C(=O)Oc5nc(OC(=O)c6ccccc6)ccc5Cl)c4)c3=O)O[C@@H]2CO)c(C)c1. The van der Waals surface area contributed by atoms with E-state index in [4.69, 9.17) is 30.5 Å². The fourth-order valence-corrected chi connectivity index (χ4v) is 6.23. The summed E-state index contributed by atoms with van der Waals surface area (Å²) >= 11 is 6.17. The second-order valence-corrected chi connectivity index (χ2v) is 13.0. The Kier molecular flexibility index (Phi) is 11.3. The summed E-state index contributed by atoms with van der Waals surface area (Å²) in [6, 6.07) is 19.5. The average molecular weight is 758 g/mol. The lowest BCUT2D eigenvalue weighted by Gasteiger charge is -2.18. The lowest BCUT2D eigenvalue weighted by molar-refractivity contribution is -0.0662. The van der Waals surface area contributed by atoms with Crippen LogP contribution in [0.1, 0.15) is 66.0 Å². The Bertz CT molecular complexity index is 2360. The number of aliphatic hydroxyl groups excluding tert-OH is 1. The van der Waals surface area contributed by atoms with Crippen LogP contribution in [0.3, 0.4) is 0 Å². The molecule has 15 heteroatoms. The van der Waals surface area contributed by atoms with Gasteiger partial charge < -0.3 is 24.1 Å². The molecular formula is C39H33ClFN3O10. The lowest BCUT2D eigenvalue weighted by atomic mass is 10.0. The lowest BCUT2D eigenvalue weighted by Crippen LogP contribution is -2.46. The number of hydrogen-bond donors (Lipinski definition) is 1. The zero-order chi connectivity index (χ0) is 38.7. The molecule has 2 aromatic heterocycles. The molecular weight excluding hydrogens is 725 g/mol. The van der Waals surface area contributed by atoms with Crippen LogP contribution in [0, 0.1) is 26.6 Å². The molecule has 278 valence electrons. The van der Waals surface area contributed by atoms with Crippen molar-refractivity contribution in [1.29, 1.82) is 0 Å². The summed E-state index contributed by atoms with van der Waals surface area (Å²) in [4.78, 5) is 69.8. The molecule has 3 atom stereocenters. The minimum atomic E-state index is -1.53. The third-order valence-electron chi connectivity index (χ3n) is 8.76. The predicted octanol–water partition coefficient (Wildman–Crippen LogP) is 5.11. The van der Waals surface area contributed by atoms with Gasteiger partial charge in [-0.3, -0.25) is 14.2 Å². The molecule has 1 fully saturated rings. The van der Waals surface area contributed by atoms with Crippen LogP contribution in [0.4, 0.5) is 4.39 Å². The van der Waals surface area contributed by atoms with Gasteiger partial charge in [0.25, 0.3) is 11.5 Å². The van der Waals surface area contributed by atoms with Crippen molar-refractivity contribution < 1.29 is 42.8 Å². The summed E-state index contributed by atoms with van der Waals surface area (Å²) in [5.74, 6) is -5.06. The van der Waals surface area contributed by atoms with Crippen LogP contribution >= 0.6 is 11.6 Å². The second kappa shape index (κ2) is 16.1. The Labute approximate surface area is 312 Å². The highest BCUT2D eigenvalue weighted by atomic mass is 35.5. The van der Waals surface area contributed by atoms with Gasteiger partial charge in [-0.2, -0.15) is 13.9 Å². The van der Waals surface area contributed by atoms with E-state index >= 15 is 4.39 Å². The highest BCUT2D eigenvalue weighted by molar-refractivity contribution is 6.32. The number of halogens is 2. The molecule has 0 saturated carbocycles. The van der Waals surface area contributed by atoms with E-state index < -0.39 is 65.8 Å². The van der Waals surface area contributed by atoms with E-state index in [0.29, 0.717) is 6.20 Å². The summed E-state index contributed by atoms with van der Waals surface area (Å²) in [5, 5.41) is 9.93. The zero-order valence-electron chi connectivity index (χ0n) is 29.2. The van der Waals surface area contributed by atoms with Crippen molar-refractivity contribution >= 4 is 29.4 Å². The molecule has 3 aromatic carbocycles. The van der Waals surface area contributed by atoms with Crippen LogP contribution in [0.2, 0.25) is 5.02 Å². The highest BCUT2D eigenvalue weighted by Crippen LogP contribution is 2.31. The molecule has 1 saturated heterocycles. The first-order valence-corrected chi connectivity index (χ1v) is 17.0. The predicted molar refractivity (Wildman–Crippen MR) is 192 cm³/mol. The Hall–Kier alpha value is -5.80. The largest absolute Gasteiger partial charge is 0.404 e. The van der Waals surface area contributed by atoms with Gasteiger partial charge in [0, 0.05) is 18.1 Å². The minimum Gasteiger partial charge on any atom is -0.404 e. The fourth-order valence-electron chi connectivity index (χ4n) is 6.08. The topological polar surface area (TPSA) is 165 Å². The number of nitrogens with zero attached hydrogens (tertiary/aromatic N) is 3. The number of aromatic nitrogens is 3. The Balaban J connectivity index is 1.20. The second-order valence-electron chi connectivity index (χ2n) is 12.5. The van der Waals surface area contributed by atoms with Gasteiger partial charge in [-0.25, -0.2) is 14.4 Å². The van der Waals surface area contributed by atoms with E-state index in [1.165, 1.54) is 42.5 Å². The van der Waals surface area contributed by atoms with Gasteiger partial charge in [-0.1, -0.05) is 53.6 Å². The molecule has 0 unspecified atom stereocenters. The first-order valence-electron chi connectivity index (χ1n) is 16.6. The number of ether oxygens (including phenoxy) is 4. The van der Waals surface area contributed by atoms with Crippen molar-refractivity contribution in [2.24, 2.45) is 0 Å². The molecule has 0 spiro atoms. The maximum Gasteiger partial charge on any atom is 0.344 e. The Morgan fingerprint density at radius 1 is 0.907 bits per heavy atom. The van der Waals surface area contributed by atoms with Gasteiger partial charge in [0.1, 0.15) is 17.4 Å². The van der Waals surface area contributed by atoms with Crippen LogP contribution in [-0.2, 0) is 16.1 Å². The number of benzene rings is 3. The average Bonchev–Trinajstić information content (AvgIpc) is 3.57. The van der Waals surface area contributed by atoms with Crippen molar-refractivity contribution in [3.05, 3.63) is 156 Å². The van der Waals surface area contributed by atoms with Gasteiger partial charge in [0.2, 0.25) is 17.6 Å². The van der Waals surface area contributed by atoms with Crippen LogP contribution < -0.4 is 20.7 Å². The molecule has 0 aliphatic carbocycles. The third kappa shape index (κ3) is 8.06. The highest BCUT2D eigenvalue weighted by Gasteiger charge is 2.38. The normalized spacial score (nSPS) is 16.6. The molecule has 1 aliphatic rings. The van der Waals surface area contributed by atoms with Gasteiger partial charge in [0.05, 0.1) is 36.6 Å². The van der Waals surface area contributed by atoms with Crippen molar-refractivity contribution in [1.82, 2.24) is 14.1 Å². The van der Waals surface area contributed by atoms with Crippen LogP contribution in [0.5, 0.6) is 11.8 Å². The monoisotopic (exact) mass is 757 g/mol. The fraction of sp³-hybridized carbons (Fsp3) is 0.231. The maximum absolute atomic E-state index is 15.1. The number of esters is 2. The molecule has 54 heavy (non-hydrogen) atoms. The number of pyridine rings is 1. The molecule has 0 radical (unpaired) electrons. The van der Waals surface area contributed by atoms with E-state index in [0.717, 1.165) is 32.9 Å². The summed E-state index contributed by atoms with van der Waals surface area (Å²) in [7, 11) is 0. The maximum atomic E-state index is 15.1. The van der Waals surface area contributed by atoms with Crippen molar-refractivity contribution in [3.8, 4) is 11.8 Å². The zero-order valence-corrected chi connectivity index (χ0v) is 29.9. The summed E-state index contributed by atoms with van der Waals surface area (Å²) in [6.45, 7) is 5.60. The molecule has 3 heterocycles. The Morgan fingerprint density at radius 3 is 2.28 bits per heavy atom. The van der Waals surface area contributed by atoms with Gasteiger partial charge in [-0.15, -0.1) is 0 Å². The van der Waals surface area contributed by atoms with Crippen molar-refractivity contribution in [3.63, 3.8) is 0 Å². The van der Waals surface area contributed by atoms with E-state index in [1.807, 2.05) is 32.9 Å². The molecule has 1 aliphatic heterocycles. The first kappa shape index (κ1) is 37.9. The number of rotatable bonds is 10. The summed E-state index contributed by atoms with van der Waals surface area (Å²) in [5.41, 5.74) is 1.02. The van der Waals surface area contributed by atoms with Crippen molar-refractivity contribution in [2.45, 2.75) is 52.2 Å². The van der Waals surface area contributed by atoms with Gasteiger partial charge in [-0.05, 0) is 73.9 Å². The minimum absolute atomic E-state index is 0.00843. The number of aliphatic hydroxyl groups is 1. The van der Waals surface area contributed by atoms with Crippen LogP contribution in [-0.4, -0.2) is 55.9 Å². The Morgan fingerprint density at radius 2 is 1.57 bits per heavy atom. The van der Waals surface area contributed by atoms with E-state index in [2.05, 4.69) is 4.98 Å². The summed E-state index contributed by atoms with van der Waals surface area (Å²) in [6.07, 6.45) is -2.18. The first-order chi connectivity index (χ1) is 25.8. The van der Waals surface area contributed by atoms with Crippen LogP contribution in [0.25, 0.3) is 0 Å². The van der Waals surface area contributed by atoms with Crippen molar-refractivity contribution in [2.75, 3.05) is 6.61 Å². The number of carbonyl (C=O) groups excluding carboxylic acids is 3. The smallest absolute Gasteiger partial charge is 0.344 e. The summed E-state index contributed by atoms with van der Waals surface area (Å²) < 4.78 is 38.5. The van der Waals surface area contributed by atoms with E-state index in [-0.39, 0.29) is 45.2 Å². The standard InChI is InChI=1S/C39H33ClFN3O10/c1-21-14-22(2)27(23(3)15-21)20-51-30-17-33(52-31(30)19-45)43-18-29(41)36(47)44(39(43)50)35(46)25-10-7-11-26(16-25)38(49)54-34-28(40)12-13-32(42-34)53-37(48)24-8-5-4-6-9-24/h4-16,18,30-31,33,45H,17,19-20H2,1-3H3/t30-,31+,33+/m0/s1. The number of carbonyl (C=O) groups is 3. The molecule has 5 aromatic rings. The van der Waals surface area contributed by atoms with E-state index in [1.54, 1.807) is 18.2 Å². The molecule has 0 bridgehead atoms. The molecule has 13 nitrogen and oxygen atoms in total. The van der Waals surface area contributed by atoms with E-state index in [9.17, 15) is 29.1 Å². The van der Waals surface area contributed by atoms with Gasteiger partial charge >= 0.3 is 17.6 Å². The number of aryl methyl sites for hydroxylation is 3.